The molecule has 0 spiro atoms. The molecule has 0 fully saturated rings. The van der Waals surface area contributed by atoms with Gasteiger partial charge < -0.3 is 19.4 Å². The van der Waals surface area contributed by atoms with Gasteiger partial charge in [-0.1, -0.05) is 36.4 Å². The van der Waals surface area contributed by atoms with Crippen LogP contribution in [0.2, 0.25) is 0 Å². The quantitative estimate of drug-likeness (QED) is 0.336. The Bertz CT molecular complexity index is 1280. The molecule has 0 aliphatic carbocycles. The van der Waals surface area contributed by atoms with Crippen LogP contribution in [0.3, 0.4) is 0 Å². The number of aryl methyl sites for hydroxylation is 2. The number of methoxy groups -OCH3 is 1. The Hall–Kier alpha value is -3.80. The third-order valence-corrected chi connectivity index (χ3v) is 6.06. The van der Waals surface area contributed by atoms with Gasteiger partial charge in [0.15, 0.2) is 0 Å². The molecule has 34 heavy (non-hydrogen) atoms. The largest absolute Gasteiger partial charge is 0.496 e. The highest BCUT2D eigenvalue weighted by atomic mass is 16.5. The lowest BCUT2D eigenvalue weighted by Crippen LogP contribution is -2.27. The second kappa shape index (κ2) is 10.9. The SMILES string of the molecule is COc1ccccc1C(=O)NCCc1nc2ccccc2n1CCCOc1cccc(C)c1C. The molecule has 0 aliphatic heterocycles. The van der Waals surface area contributed by atoms with Gasteiger partial charge in [-0.2, -0.15) is 0 Å². The summed E-state index contributed by atoms with van der Waals surface area (Å²) >= 11 is 0. The zero-order chi connectivity index (χ0) is 23.9. The minimum absolute atomic E-state index is 0.151. The van der Waals surface area contributed by atoms with Gasteiger partial charge in [0, 0.05) is 19.5 Å². The normalized spacial score (nSPS) is 10.9. The van der Waals surface area contributed by atoms with Crippen LogP contribution in [0.25, 0.3) is 11.0 Å². The third kappa shape index (κ3) is 5.22. The summed E-state index contributed by atoms with van der Waals surface area (Å²) in [5.74, 6) is 2.31. The van der Waals surface area contributed by atoms with Crippen LogP contribution in [0, 0.1) is 13.8 Å². The van der Waals surface area contributed by atoms with Crippen LogP contribution in [-0.4, -0.2) is 35.7 Å². The van der Waals surface area contributed by atoms with E-state index in [1.807, 2.05) is 42.5 Å². The molecule has 3 aromatic carbocycles. The number of carbonyl (C=O) groups is 1. The fourth-order valence-corrected chi connectivity index (χ4v) is 4.07. The van der Waals surface area contributed by atoms with E-state index in [0.29, 0.717) is 30.9 Å². The average Bonchev–Trinajstić information content (AvgIpc) is 3.21. The molecule has 1 heterocycles. The molecule has 0 atom stereocenters. The van der Waals surface area contributed by atoms with E-state index in [0.717, 1.165) is 35.6 Å². The predicted molar refractivity (Wildman–Crippen MR) is 135 cm³/mol. The van der Waals surface area contributed by atoms with E-state index >= 15 is 0 Å². The first-order chi connectivity index (χ1) is 16.6. The van der Waals surface area contributed by atoms with Crippen molar-refractivity contribution in [2.45, 2.75) is 33.2 Å². The van der Waals surface area contributed by atoms with Gasteiger partial charge in [-0.3, -0.25) is 4.79 Å². The summed E-state index contributed by atoms with van der Waals surface area (Å²) in [4.78, 5) is 17.5. The highest BCUT2D eigenvalue weighted by Crippen LogP contribution is 2.22. The van der Waals surface area contributed by atoms with Crippen LogP contribution in [-0.2, 0) is 13.0 Å². The van der Waals surface area contributed by atoms with Crippen molar-refractivity contribution in [1.82, 2.24) is 14.9 Å². The first-order valence-electron chi connectivity index (χ1n) is 11.6. The van der Waals surface area contributed by atoms with Gasteiger partial charge in [0.25, 0.3) is 5.91 Å². The van der Waals surface area contributed by atoms with Crippen molar-refractivity contribution in [2.24, 2.45) is 0 Å². The third-order valence-electron chi connectivity index (χ3n) is 6.06. The van der Waals surface area contributed by atoms with Crippen molar-refractivity contribution in [3.05, 3.63) is 89.2 Å². The second-order valence-corrected chi connectivity index (χ2v) is 8.27. The molecule has 1 amide bonds. The maximum absolute atomic E-state index is 12.6. The molecular weight excluding hydrogens is 426 g/mol. The maximum Gasteiger partial charge on any atom is 0.255 e. The number of imidazole rings is 1. The molecule has 6 nitrogen and oxygen atoms in total. The lowest BCUT2D eigenvalue weighted by Gasteiger charge is -2.13. The van der Waals surface area contributed by atoms with Gasteiger partial charge >= 0.3 is 0 Å². The summed E-state index contributed by atoms with van der Waals surface area (Å²) < 4.78 is 13.6. The Morgan fingerprint density at radius 2 is 1.74 bits per heavy atom. The van der Waals surface area contributed by atoms with E-state index in [4.69, 9.17) is 14.5 Å². The number of para-hydroxylation sites is 3. The number of amides is 1. The minimum atomic E-state index is -0.151. The van der Waals surface area contributed by atoms with Crippen LogP contribution >= 0.6 is 0 Å². The van der Waals surface area contributed by atoms with Gasteiger partial charge in [-0.25, -0.2) is 4.98 Å². The van der Waals surface area contributed by atoms with Crippen molar-refractivity contribution in [3.8, 4) is 11.5 Å². The Kier molecular flexibility index (Phi) is 7.48. The minimum Gasteiger partial charge on any atom is -0.496 e. The molecule has 0 saturated carbocycles. The Labute approximate surface area is 200 Å². The molecule has 176 valence electrons. The van der Waals surface area contributed by atoms with Gasteiger partial charge in [0.1, 0.15) is 17.3 Å². The second-order valence-electron chi connectivity index (χ2n) is 8.27. The monoisotopic (exact) mass is 457 g/mol. The van der Waals surface area contributed by atoms with E-state index < -0.39 is 0 Å². The van der Waals surface area contributed by atoms with Gasteiger partial charge in [-0.05, 0) is 61.7 Å². The number of benzene rings is 3. The molecule has 0 bridgehead atoms. The lowest BCUT2D eigenvalue weighted by atomic mass is 10.1. The van der Waals surface area contributed by atoms with Crippen LogP contribution < -0.4 is 14.8 Å². The molecule has 4 rings (SSSR count). The summed E-state index contributed by atoms with van der Waals surface area (Å²) in [7, 11) is 1.57. The smallest absolute Gasteiger partial charge is 0.255 e. The summed E-state index contributed by atoms with van der Waals surface area (Å²) in [6.07, 6.45) is 1.49. The van der Waals surface area contributed by atoms with Gasteiger partial charge in [-0.15, -0.1) is 0 Å². The summed E-state index contributed by atoms with van der Waals surface area (Å²) in [5, 5.41) is 3.00. The molecule has 0 radical (unpaired) electrons. The number of fused-ring (bicyclic) bond motifs is 1. The van der Waals surface area contributed by atoms with E-state index in [2.05, 4.69) is 35.9 Å². The van der Waals surface area contributed by atoms with Crippen LogP contribution in [0.5, 0.6) is 11.5 Å². The van der Waals surface area contributed by atoms with Crippen LogP contribution in [0.4, 0.5) is 0 Å². The fraction of sp³-hybridized carbons (Fsp3) is 0.286. The standard InChI is InChI=1S/C28H31N3O3/c1-20-10-8-15-25(21(20)2)34-19-9-18-31-24-13-6-5-12-23(24)30-27(31)16-17-29-28(32)22-11-4-7-14-26(22)33-3/h4-8,10-15H,9,16-19H2,1-3H3,(H,29,32). The van der Waals surface area contributed by atoms with Crippen molar-refractivity contribution in [1.29, 1.82) is 0 Å². The number of hydrogen-bond donors (Lipinski definition) is 1. The van der Waals surface area contributed by atoms with Crippen molar-refractivity contribution in [3.63, 3.8) is 0 Å². The molecule has 1 aromatic heterocycles. The maximum atomic E-state index is 12.6. The molecule has 1 N–H and O–H groups in total. The highest BCUT2D eigenvalue weighted by Gasteiger charge is 2.13. The van der Waals surface area contributed by atoms with Crippen molar-refractivity contribution >= 4 is 16.9 Å². The van der Waals surface area contributed by atoms with Gasteiger partial charge in [0.05, 0.1) is 30.3 Å². The average molecular weight is 458 g/mol. The Balaban J connectivity index is 1.40. The van der Waals surface area contributed by atoms with E-state index in [1.165, 1.54) is 11.1 Å². The lowest BCUT2D eigenvalue weighted by molar-refractivity contribution is 0.0951. The summed E-state index contributed by atoms with van der Waals surface area (Å²) in [5.41, 5.74) is 5.00. The number of hydrogen-bond acceptors (Lipinski definition) is 4. The predicted octanol–water partition coefficient (Wildman–Crippen LogP) is 5.10. The number of ether oxygens (including phenoxy) is 2. The Morgan fingerprint density at radius 3 is 2.59 bits per heavy atom. The molecule has 0 saturated heterocycles. The van der Waals surface area contributed by atoms with Crippen LogP contribution in [0.15, 0.2) is 66.7 Å². The first-order valence-corrected chi connectivity index (χ1v) is 11.6. The topological polar surface area (TPSA) is 65.4 Å². The first kappa shape index (κ1) is 23.4. The molecule has 0 aliphatic rings. The Morgan fingerprint density at radius 1 is 0.971 bits per heavy atom. The zero-order valence-corrected chi connectivity index (χ0v) is 20.0. The molecule has 4 aromatic rings. The van der Waals surface area contributed by atoms with Gasteiger partial charge in [0.2, 0.25) is 0 Å². The number of carbonyl (C=O) groups excluding carboxylic acids is 1. The molecular formula is C28H31N3O3. The summed E-state index contributed by atoms with van der Waals surface area (Å²) in [6.45, 7) is 6.09. The van der Waals surface area contributed by atoms with E-state index in [-0.39, 0.29) is 5.91 Å². The molecule has 0 unspecified atom stereocenters. The number of nitrogens with one attached hydrogen (secondary N) is 1. The van der Waals surface area contributed by atoms with E-state index in [1.54, 1.807) is 19.2 Å². The van der Waals surface area contributed by atoms with E-state index in [9.17, 15) is 4.79 Å². The number of aromatic nitrogens is 2. The summed E-state index contributed by atoms with van der Waals surface area (Å²) in [6, 6.07) is 21.5. The van der Waals surface area contributed by atoms with Crippen molar-refractivity contribution in [2.75, 3.05) is 20.3 Å². The number of nitrogens with zero attached hydrogens (tertiary/aromatic N) is 2. The zero-order valence-electron chi connectivity index (χ0n) is 20.0. The molecule has 6 heteroatoms. The fourth-order valence-electron chi connectivity index (χ4n) is 4.07. The highest BCUT2D eigenvalue weighted by molar-refractivity contribution is 5.96. The van der Waals surface area contributed by atoms with Crippen LogP contribution in [0.1, 0.15) is 33.7 Å². The number of rotatable bonds is 10. The van der Waals surface area contributed by atoms with Crippen molar-refractivity contribution < 1.29 is 14.3 Å².